The van der Waals surface area contributed by atoms with Crippen LogP contribution in [0.4, 0.5) is 10.5 Å². The van der Waals surface area contributed by atoms with E-state index in [1.165, 1.54) is 4.90 Å². The normalized spacial score (nSPS) is 18.1. The Hall–Kier alpha value is -2.70. The molecule has 0 spiro atoms. The first-order chi connectivity index (χ1) is 11.1. The van der Waals surface area contributed by atoms with Gasteiger partial charge in [0.15, 0.2) is 5.82 Å². The second-order valence-electron chi connectivity index (χ2n) is 5.44. The molecule has 1 saturated heterocycles. The predicted octanol–water partition coefficient (Wildman–Crippen LogP) is 2.38. The molecular weight excluding hydrogens is 296 g/mol. The SMILES string of the molecule is CCCc1noc(CN2C(=O)[C@@H](C)N(c3ccccc3)C2=O)n1. The number of aryl methyl sites for hydroxylation is 1. The average Bonchev–Trinajstić information content (AvgIpc) is 3.08. The van der Waals surface area contributed by atoms with E-state index in [9.17, 15) is 9.59 Å². The lowest BCUT2D eigenvalue weighted by atomic mass is 10.2. The summed E-state index contributed by atoms with van der Waals surface area (Å²) < 4.78 is 5.13. The monoisotopic (exact) mass is 314 g/mol. The summed E-state index contributed by atoms with van der Waals surface area (Å²) in [5, 5.41) is 3.85. The van der Waals surface area contributed by atoms with Crippen molar-refractivity contribution in [3.8, 4) is 0 Å². The number of carbonyl (C=O) groups is 2. The van der Waals surface area contributed by atoms with Crippen LogP contribution in [0.1, 0.15) is 32.0 Å². The Morgan fingerprint density at radius 2 is 1.96 bits per heavy atom. The Bertz CT molecular complexity index is 713. The maximum Gasteiger partial charge on any atom is 0.332 e. The van der Waals surface area contributed by atoms with E-state index < -0.39 is 6.04 Å². The molecule has 0 unspecified atom stereocenters. The third-order valence-electron chi connectivity index (χ3n) is 3.76. The smallest absolute Gasteiger partial charge is 0.332 e. The lowest BCUT2D eigenvalue weighted by Gasteiger charge is -2.18. The van der Waals surface area contributed by atoms with Gasteiger partial charge in [0, 0.05) is 12.1 Å². The van der Waals surface area contributed by atoms with Crippen LogP contribution >= 0.6 is 0 Å². The molecule has 3 rings (SSSR count). The molecule has 1 atom stereocenters. The van der Waals surface area contributed by atoms with E-state index in [1.54, 1.807) is 19.1 Å². The fraction of sp³-hybridized carbons (Fsp3) is 0.375. The van der Waals surface area contributed by atoms with Gasteiger partial charge in [-0.3, -0.25) is 14.6 Å². The summed E-state index contributed by atoms with van der Waals surface area (Å²) in [5.41, 5.74) is 0.693. The number of urea groups is 1. The minimum atomic E-state index is -0.553. The van der Waals surface area contributed by atoms with Gasteiger partial charge in [-0.05, 0) is 25.5 Å². The number of rotatable bonds is 5. The highest BCUT2D eigenvalue weighted by Gasteiger charge is 2.43. The number of imide groups is 1. The summed E-state index contributed by atoms with van der Waals surface area (Å²) in [6, 6.07) is 8.21. The summed E-state index contributed by atoms with van der Waals surface area (Å²) in [5.74, 6) is 0.598. The molecule has 1 aliphatic rings. The van der Waals surface area contributed by atoms with Gasteiger partial charge in [0.25, 0.3) is 5.91 Å². The fourth-order valence-electron chi connectivity index (χ4n) is 2.61. The highest BCUT2D eigenvalue weighted by molar-refractivity contribution is 6.13. The van der Waals surface area contributed by atoms with Crippen molar-refractivity contribution in [2.45, 2.75) is 39.3 Å². The zero-order chi connectivity index (χ0) is 16.4. The maximum absolute atomic E-state index is 12.6. The van der Waals surface area contributed by atoms with Gasteiger partial charge >= 0.3 is 6.03 Å². The molecule has 1 aromatic carbocycles. The van der Waals surface area contributed by atoms with E-state index >= 15 is 0 Å². The van der Waals surface area contributed by atoms with Crippen molar-refractivity contribution in [1.82, 2.24) is 15.0 Å². The Balaban J connectivity index is 1.80. The topological polar surface area (TPSA) is 79.5 Å². The Morgan fingerprint density at radius 1 is 1.22 bits per heavy atom. The van der Waals surface area contributed by atoms with Crippen LogP contribution in [0.2, 0.25) is 0 Å². The van der Waals surface area contributed by atoms with Crippen LogP contribution in [0, 0.1) is 0 Å². The zero-order valence-corrected chi connectivity index (χ0v) is 13.1. The number of hydrogen-bond donors (Lipinski definition) is 0. The zero-order valence-electron chi connectivity index (χ0n) is 13.1. The van der Waals surface area contributed by atoms with Crippen LogP contribution in [0.3, 0.4) is 0 Å². The first-order valence-corrected chi connectivity index (χ1v) is 7.63. The van der Waals surface area contributed by atoms with E-state index in [4.69, 9.17) is 4.52 Å². The van der Waals surface area contributed by atoms with E-state index in [0.717, 1.165) is 11.3 Å². The molecule has 0 N–H and O–H groups in total. The largest absolute Gasteiger partial charge is 0.337 e. The van der Waals surface area contributed by atoms with Crippen molar-refractivity contribution < 1.29 is 14.1 Å². The first-order valence-electron chi connectivity index (χ1n) is 7.63. The molecular formula is C16H18N4O3. The number of nitrogens with zero attached hydrogens (tertiary/aromatic N) is 4. The minimum Gasteiger partial charge on any atom is -0.337 e. The van der Waals surface area contributed by atoms with Gasteiger partial charge in [-0.1, -0.05) is 30.3 Å². The molecule has 0 saturated carbocycles. The molecule has 2 heterocycles. The average molecular weight is 314 g/mol. The second kappa shape index (κ2) is 6.20. The number of carbonyl (C=O) groups excluding carboxylic acids is 2. The fourth-order valence-corrected chi connectivity index (χ4v) is 2.61. The lowest BCUT2D eigenvalue weighted by Crippen LogP contribution is -2.33. The van der Waals surface area contributed by atoms with Gasteiger partial charge in [0.2, 0.25) is 5.89 Å². The van der Waals surface area contributed by atoms with Crippen LogP contribution in [0.5, 0.6) is 0 Å². The Morgan fingerprint density at radius 3 is 2.65 bits per heavy atom. The molecule has 2 aromatic rings. The summed E-state index contributed by atoms with van der Waals surface area (Å²) in [4.78, 5) is 31.9. The highest BCUT2D eigenvalue weighted by Crippen LogP contribution is 2.26. The summed E-state index contributed by atoms with van der Waals surface area (Å²) in [7, 11) is 0. The highest BCUT2D eigenvalue weighted by atomic mass is 16.5. The van der Waals surface area contributed by atoms with E-state index in [1.807, 2.05) is 25.1 Å². The Kier molecular flexibility index (Phi) is 4.10. The maximum atomic E-state index is 12.6. The third kappa shape index (κ3) is 2.81. The van der Waals surface area contributed by atoms with Crippen LogP contribution in [0.25, 0.3) is 0 Å². The molecule has 0 aliphatic carbocycles. The number of aromatic nitrogens is 2. The molecule has 1 aromatic heterocycles. The molecule has 23 heavy (non-hydrogen) atoms. The van der Waals surface area contributed by atoms with Crippen molar-refractivity contribution >= 4 is 17.6 Å². The first kappa shape index (κ1) is 15.2. The summed E-state index contributed by atoms with van der Waals surface area (Å²) in [6.45, 7) is 3.73. The van der Waals surface area contributed by atoms with Gasteiger partial charge in [-0.2, -0.15) is 4.98 Å². The number of anilines is 1. The Labute approximate surface area is 133 Å². The van der Waals surface area contributed by atoms with Gasteiger partial charge < -0.3 is 4.52 Å². The third-order valence-corrected chi connectivity index (χ3v) is 3.76. The van der Waals surface area contributed by atoms with Crippen LogP contribution in [-0.4, -0.2) is 33.0 Å². The molecule has 7 nitrogen and oxygen atoms in total. The van der Waals surface area contributed by atoms with Crippen molar-refractivity contribution in [3.63, 3.8) is 0 Å². The van der Waals surface area contributed by atoms with Gasteiger partial charge in [-0.25, -0.2) is 4.79 Å². The van der Waals surface area contributed by atoms with Gasteiger partial charge in [-0.15, -0.1) is 0 Å². The number of hydrogen-bond acceptors (Lipinski definition) is 5. The minimum absolute atomic E-state index is 0.00204. The molecule has 120 valence electrons. The molecule has 1 aliphatic heterocycles. The molecule has 0 bridgehead atoms. The standard InChI is InChI=1S/C16H18N4O3/c1-3-7-13-17-14(23-18-13)10-19-15(21)11(2)20(16(19)22)12-8-5-4-6-9-12/h4-6,8-9,11H,3,7,10H2,1-2H3/t11-/m1/s1. The quantitative estimate of drug-likeness (QED) is 0.792. The van der Waals surface area contributed by atoms with Gasteiger partial charge in [0.1, 0.15) is 12.6 Å². The second-order valence-corrected chi connectivity index (χ2v) is 5.44. The number of para-hydroxylation sites is 1. The van der Waals surface area contributed by atoms with Crippen LogP contribution < -0.4 is 4.90 Å². The van der Waals surface area contributed by atoms with Gasteiger partial charge in [0.05, 0.1) is 0 Å². The molecule has 0 radical (unpaired) electrons. The van der Waals surface area contributed by atoms with Crippen molar-refractivity contribution in [1.29, 1.82) is 0 Å². The molecule has 7 heteroatoms. The van der Waals surface area contributed by atoms with E-state index in [-0.39, 0.29) is 24.4 Å². The van der Waals surface area contributed by atoms with Crippen molar-refractivity contribution in [3.05, 3.63) is 42.0 Å². The molecule has 1 fully saturated rings. The molecule has 3 amide bonds. The number of amides is 3. The van der Waals surface area contributed by atoms with Crippen LogP contribution in [0.15, 0.2) is 34.9 Å². The summed E-state index contributed by atoms with van der Waals surface area (Å²) in [6.07, 6.45) is 1.61. The van der Waals surface area contributed by atoms with Crippen LogP contribution in [-0.2, 0) is 17.8 Å². The van der Waals surface area contributed by atoms with E-state index in [0.29, 0.717) is 17.9 Å². The van der Waals surface area contributed by atoms with Crippen molar-refractivity contribution in [2.24, 2.45) is 0 Å². The summed E-state index contributed by atoms with van der Waals surface area (Å²) >= 11 is 0. The van der Waals surface area contributed by atoms with E-state index in [2.05, 4.69) is 10.1 Å². The predicted molar refractivity (Wildman–Crippen MR) is 82.6 cm³/mol. The van der Waals surface area contributed by atoms with Crippen molar-refractivity contribution in [2.75, 3.05) is 4.90 Å². The number of benzene rings is 1. The lowest BCUT2D eigenvalue weighted by molar-refractivity contribution is -0.127.